The van der Waals surface area contributed by atoms with Gasteiger partial charge in [-0.3, -0.25) is 24.0 Å². The van der Waals surface area contributed by atoms with E-state index < -0.39 is 49.9 Å². The minimum atomic E-state index is -4.68. The molecule has 2 amide bonds. The van der Waals surface area contributed by atoms with E-state index in [0.717, 1.165) is 15.9 Å². The number of halogens is 2. The Morgan fingerprint density at radius 3 is 2.29 bits per heavy atom. The van der Waals surface area contributed by atoms with Crippen LogP contribution >= 0.6 is 23.2 Å². The van der Waals surface area contributed by atoms with E-state index in [9.17, 15) is 28.1 Å². The quantitative estimate of drug-likeness (QED) is 0.108. The fourth-order valence-corrected chi connectivity index (χ4v) is 7.01. The summed E-state index contributed by atoms with van der Waals surface area (Å²) in [6.07, 6.45) is 0.773. The molecule has 0 radical (unpaired) electrons. The van der Waals surface area contributed by atoms with Crippen LogP contribution in [0.4, 0.5) is 11.4 Å². The van der Waals surface area contributed by atoms with Gasteiger partial charge in [0.2, 0.25) is 11.8 Å². The van der Waals surface area contributed by atoms with Gasteiger partial charge >= 0.3 is 0 Å². The average molecular weight is 728 g/mol. The number of nitrogens with one attached hydrogen (secondary N) is 1. The van der Waals surface area contributed by atoms with Gasteiger partial charge < -0.3 is 15.0 Å². The molecular weight excluding hydrogens is 691 g/mol. The van der Waals surface area contributed by atoms with Gasteiger partial charge in [-0.15, -0.1) is 0 Å². The number of nitro groups is 1. The first-order chi connectivity index (χ1) is 23.3. The van der Waals surface area contributed by atoms with Crippen molar-refractivity contribution in [3.63, 3.8) is 0 Å². The second-order valence-corrected chi connectivity index (χ2v) is 13.9. The number of nitro benzene ring substituents is 1. The summed E-state index contributed by atoms with van der Waals surface area (Å²) in [6, 6.07) is 22.6. The SMILES string of the molecule is CCCNC(=O)C(Cc1ccccc1)N(Cc1cccc(Cl)c1)C(=O)CN(c1cc(Cl)ccc1OC)S(=O)(=O)c1ccc(C)c([N+](=O)[O-])c1. The van der Waals surface area contributed by atoms with Crippen LogP contribution < -0.4 is 14.4 Å². The number of aryl methyl sites for hydroxylation is 1. The van der Waals surface area contributed by atoms with E-state index in [1.165, 1.54) is 49.3 Å². The van der Waals surface area contributed by atoms with Crippen LogP contribution in [-0.4, -0.2) is 56.3 Å². The maximum absolute atomic E-state index is 14.6. The molecule has 258 valence electrons. The molecule has 49 heavy (non-hydrogen) atoms. The highest BCUT2D eigenvalue weighted by molar-refractivity contribution is 7.92. The highest BCUT2D eigenvalue weighted by Crippen LogP contribution is 2.36. The zero-order chi connectivity index (χ0) is 35.7. The number of sulfonamides is 1. The average Bonchev–Trinajstić information content (AvgIpc) is 3.07. The molecule has 1 N–H and O–H groups in total. The smallest absolute Gasteiger partial charge is 0.273 e. The van der Waals surface area contributed by atoms with Crippen molar-refractivity contribution in [1.82, 2.24) is 10.2 Å². The second kappa shape index (κ2) is 16.6. The van der Waals surface area contributed by atoms with E-state index in [1.54, 1.807) is 24.3 Å². The molecule has 1 atom stereocenters. The van der Waals surface area contributed by atoms with Gasteiger partial charge in [0.05, 0.1) is 22.6 Å². The monoisotopic (exact) mass is 726 g/mol. The summed E-state index contributed by atoms with van der Waals surface area (Å²) in [5.41, 5.74) is 1.14. The maximum atomic E-state index is 14.6. The highest BCUT2D eigenvalue weighted by atomic mass is 35.5. The number of nitrogens with zero attached hydrogens (tertiary/aromatic N) is 3. The molecule has 0 heterocycles. The number of carbonyl (C=O) groups is 2. The molecule has 4 rings (SSSR count). The molecule has 0 saturated heterocycles. The fourth-order valence-electron chi connectivity index (χ4n) is 5.20. The Labute approximate surface area is 295 Å². The van der Waals surface area contributed by atoms with Gasteiger partial charge in [-0.25, -0.2) is 8.42 Å². The third-order valence-electron chi connectivity index (χ3n) is 7.72. The molecule has 0 aromatic heterocycles. The van der Waals surface area contributed by atoms with Crippen LogP contribution in [-0.2, 0) is 32.6 Å². The zero-order valence-corrected chi connectivity index (χ0v) is 29.5. The first kappa shape index (κ1) is 37.2. The van der Waals surface area contributed by atoms with Crippen LogP contribution in [0.5, 0.6) is 5.75 Å². The van der Waals surface area contributed by atoms with Crippen molar-refractivity contribution in [3.05, 3.63) is 128 Å². The van der Waals surface area contributed by atoms with Gasteiger partial charge in [0.25, 0.3) is 15.7 Å². The van der Waals surface area contributed by atoms with E-state index >= 15 is 0 Å². The highest BCUT2D eigenvalue weighted by Gasteiger charge is 2.36. The fraction of sp³-hybridized carbons (Fsp3) is 0.257. The van der Waals surface area contributed by atoms with Crippen molar-refractivity contribution in [2.75, 3.05) is 24.5 Å². The molecule has 0 aliphatic carbocycles. The normalized spacial score (nSPS) is 11.8. The molecular formula is C35H36Cl2N4O7S. The van der Waals surface area contributed by atoms with Gasteiger partial charge in [-0.2, -0.15) is 0 Å². The molecule has 1 unspecified atom stereocenters. The lowest BCUT2D eigenvalue weighted by atomic mass is 10.0. The molecule has 0 spiro atoms. The van der Waals surface area contributed by atoms with Crippen molar-refractivity contribution in [2.45, 2.75) is 44.2 Å². The number of methoxy groups -OCH3 is 1. The Balaban J connectivity index is 1.89. The van der Waals surface area contributed by atoms with Crippen LogP contribution in [0.3, 0.4) is 0 Å². The van der Waals surface area contributed by atoms with Gasteiger partial charge in [-0.05, 0) is 60.9 Å². The lowest BCUT2D eigenvalue weighted by molar-refractivity contribution is -0.385. The Bertz CT molecular complexity index is 1930. The molecule has 4 aromatic carbocycles. The molecule has 14 heteroatoms. The summed E-state index contributed by atoms with van der Waals surface area (Å²) >= 11 is 12.6. The zero-order valence-electron chi connectivity index (χ0n) is 27.1. The van der Waals surface area contributed by atoms with Crippen LogP contribution in [0.2, 0.25) is 10.0 Å². The van der Waals surface area contributed by atoms with Crippen molar-refractivity contribution >= 4 is 56.4 Å². The Kier molecular flexibility index (Phi) is 12.6. The number of carbonyl (C=O) groups excluding carboxylic acids is 2. The van der Waals surface area contributed by atoms with Crippen LogP contribution in [0.25, 0.3) is 0 Å². The number of hydrogen-bond acceptors (Lipinski definition) is 7. The number of benzene rings is 4. The summed E-state index contributed by atoms with van der Waals surface area (Å²) in [6.45, 7) is 2.84. The van der Waals surface area contributed by atoms with Crippen LogP contribution in [0.1, 0.15) is 30.0 Å². The lowest BCUT2D eigenvalue weighted by Gasteiger charge is -2.34. The van der Waals surface area contributed by atoms with Gasteiger partial charge in [0.1, 0.15) is 18.3 Å². The molecule has 0 aliphatic rings. The summed E-state index contributed by atoms with van der Waals surface area (Å²) < 4.78 is 35.1. The molecule has 0 bridgehead atoms. The van der Waals surface area contributed by atoms with E-state index in [4.69, 9.17) is 27.9 Å². The van der Waals surface area contributed by atoms with Crippen LogP contribution in [0.15, 0.2) is 95.9 Å². The summed E-state index contributed by atoms with van der Waals surface area (Å²) in [5.74, 6) is -1.09. The Morgan fingerprint density at radius 1 is 0.939 bits per heavy atom. The first-order valence-corrected chi connectivity index (χ1v) is 17.5. The second-order valence-electron chi connectivity index (χ2n) is 11.2. The minimum absolute atomic E-state index is 0.0744. The number of ether oxygens (including phenoxy) is 1. The van der Waals surface area contributed by atoms with E-state index in [1.807, 2.05) is 37.3 Å². The standard InChI is InChI=1S/C35H36Cl2N4O7S/c1-4-17-38-35(43)32(19-25-9-6-5-7-10-25)39(22-26-11-8-12-27(36)18-26)34(42)23-40(31-20-28(37)14-16-33(31)48-3)49(46,47)29-15-13-24(2)30(21-29)41(44)45/h5-16,18,20-21,32H,4,17,19,22-23H2,1-3H3,(H,38,43). The van der Waals surface area contributed by atoms with Gasteiger partial charge in [-0.1, -0.05) is 78.7 Å². The van der Waals surface area contributed by atoms with Crippen molar-refractivity contribution in [3.8, 4) is 5.75 Å². The number of anilines is 1. The molecule has 0 fully saturated rings. The largest absolute Gasteiger partial charge is 0.495 e. The third-order valence-corrected chi connectivity index (χ3v) is 9.94. The summed E-state index contributed by atoms with van der Waals surface area (Å²) in [7, 11) is -3.35. The predicted octanol–water partition coefficient (Wildman–Crippen LogP) is 6.58. The summed E-state index contributed by atoms with van der Waals surface area (Å²) in [4.78, 5) is 40.4. The summed E-state index contributed by atoms with van der Waals surface area (Å²) in [5, 5.41) is 15.2. The first-order valence-electron chi connectivity index (χ1n) is 15.3. The molecule has 0 aliphatic heterocycles. The van der Waals surface area contributed by atoms with E-state index in [0.29, 0.717) is 23.6 Å². The number of hydrogen-bond donors (Lipinski definition) is 1. The lowest BCUT2D eigenvalue weighted by Crippen LogP contribution is -2.53. The molecule has 0 saturated carbocycles. The van der Waals surface area contributed by atoms with Crippen molar-refractivity contribution < 1.29 is 27.7 Å². The van der Waals surface area contributed by atoms with Gasteiger partial charge in [0.15, 0.2) is 0 Å². The minimum Gasteiger partial charge on any atom is -0.495 e. The third kappa shape index (κ3) is 9.28. The topological polar surface area (TPSA) is 139 Å². The van der Waals surface area contributed by atoms with E-state index in [2.05, 4.69) is 5.32 Å². The van der Waals surface area contributed by atoms with Crippen molar-refractivity contribution in [2.24, 2.45) is 0 Å². The van der Waals surface area contributed by atoms with Crippen LogP contribution in [0, 0.1) is 17.0 Å². The Morgan fingerprint density at radius 2 is 1.63 bits per heavy atom. The van der Waals surface area contributed by atoms with E-state index in [-0.39, 0.29) is 35.0 Å². The molecule has 4 aromatic rings. The van der Waals surface area contributed by atoms with Crippen molar-refractivity contribution in [1.29, 1.82) is 0 Å². The number of amides is 2. The maximum Gasteiger partial charge on any atom is 0.273 e. The number of rotatable bonds is 15. The Hall–Kier alpha value is -4.65. The predicted molar refractivity (Wildman–Crippen MR) is 190 cm³/mol. The van der Waals surface area contributed by atoms with Gasteiger partial charge in [0, 0.05) is 41.2 Å². The molecule has 11 nitrogen and oxygen atoms in total.